The normalized spacial score (nSPS) is 10.4. The van der Waals surface area contributed by atoms with Crippen LogP contribution in [0, 0.1) is 11.6 Å². The van der Waals surface area contributed by atoms with Crippen LogP contribution >= 0.6 is 11.8 Å². The number of nitrogens with one attached hydrogen (secondary N) is 1. The van der Waals surface area contributed by atoms with Gasteiger partial charge in [-0.1, -0.05) is 24.3 Å². The number of thioether (sulfide) groups is 1. The third-order valence-corrected chi connectivity index (χ3v) is 3.85. The largest absolute Gasteiger partial charge is 0.380 e. The van der Waals surface area contributed by atoms with Crippen LogP contribution in [-0.2, 0) is 11.3 Å². The molecule has 0 aliphatic heterocycles. The van der Waals surface area contributed by atoms with Crippen LogP contribution in [0.1, 0.15) is 5.56 Å². The van der Waals surface area contributed by atoms with Crippen molar-refractivity contribution >= 4 is 23.4 Å². The number of carbonyl (C=O) groups excluding carboxylic acids is 1. The number of halogens is 2. The van der Waals surface area contributed by atoms with Crippen molar-refractivity contribution in [2.24, 2.45) is 5.73 Å². The zero-order valence-electron chi connectivity index (χ0n) is 11.1. The van der Waals surface area contributed by atoms with Crippen LogP contribution in [-0.4, -0.2) is 11.7 Å². The lowest BCUT2D eigenvalue weighted by molar-refractivity contribution is -0.115. The number of para-hydroxylation sites is 1. The van der Waals surface area contributed by atoms with Crippen molar-refractivity contribution in [3.63, 3.8) is 0 Å². The van der Waals surface area contributed by atoms with Gasteiger partial charge in [-0.05, 0) is 18.2 Å². The molecule has 1 amide bonds. The minimum absolute atomic E-state index is 0.151. The van der Waals surface area contributed by atoms with E-state index in [2.05, 4.69) is 5.32 Å². The number of amides is 1. The first-order chi connectivity index (χ1) is 10.1. The maximum absolute atomic E-state index is 13.6. The highest BCUT2D eigenvalue weighted by Gasteiger charge is 2.09. The van der Waals surface area contributed by atoms with Gasteiger partial charge in [-0.15, -0.1) is 11.8 Å². The average molecular weight is 308 g/mol. The van der Waals surface area contributed by atoms with Gasteiger partial charge in [0.05, 0.1) is 5.75 Å². The average Bonchev–Trinajstić information content (AvgIpc) is 2.47. The number of carbonyl (C=O) groups is 1. The maximum atomic E-state index is 13.6. The Hall–Kier alpha value is -2.08. The SMILES string of the molecule is NC(=O)CSc1ccccc1NCc1cccc(F)c1F. The van der Waals surface area contributed by atoms with Gasteiger partial charge in [0.2, 0.25) is 5.91 Å². The third-order valence-electron chi connectivity index (χ3n) is 2.76. The van der Waals surface area contributed by atoms with Crippen LogP contribution in [0.4, 0.5) is 14.5 Å². The van der Waals surface area contributed by atoms with Crippen molar-refractivity contribution in [3.05, 3.63) is 59.7 Å². The summed E-state index contributed by atoms with van der Waals surface area (Å²) in [7, 11) is 0. The van der Waals surface area contributed by atoms with Gasteiger partial charge >= 0.3 is 0 Å². The zero-order chi connectivity index (χ0) is 15.2. The summed E-state index contributed by atoms with van der Waals surface area (Å²) in [4.78, 5) is 11.7. The van der Waals surface area contributed by atoms with Gasteiger partial charge in [0, 0.05) is 22.7 Å². The lowest BCUT2D eigenvalue weighted by Crippen LogP contribution is -2.13. The molecule has 21 heavy (non-hydrogen) atoms. The van der Waals surface area contributed by atoms with E-state index in [1.807, 2.05) is 18.2 Å². The lowest BCUT2D eigenvalue weighted by atomic mass is 10.2. The third kappa shape index (κ3) is 4.19. The predicted molar refractivity (Wildman–Crippen MR) is 80.0 cm³/mol. The van der Waals surface area contributed by atoms with Gasteiger partial charge in [0.25, 0.3) is 0 Å². The predicted octanol–water partition coefficient (Wildman–Crippen LogP) is 3.15. The second kappa shape index (κ2) is 7.08. The summed E-state index contributed by atoms with van der Waals surface area (Å²) in [6, 6.07) is 11.3. The molecule has 0 aliphatic rings. The highest BCUT2D eigenvalue weighted by Crippen LogP contribution is 2.27. The molecule has 110 valence electrons. The van der Waals surface area contributed by atoms with Gasteiger partial charge in [-0.3, -0.25) is 4.79 Å². The Morgan fingerprint density at radius 1 is 1.14 bits per heavy atom. The highest BCUT2D eigenvalue weighted by molar-refractivity contribution is 8.00. The number of benzene rings is 2. The fourth-order valence-electron chi connectivity index (χ4n) is 1.76. The minimum Gasteiger partial charge on any atom is -0.380 e. The summed E-state index contributed by atoms with van der Waals surface area (Å²) in [5.74, 6) is -1.98. The van der Waals surface area contributed by atoms with Crippen LogP contribution in [0.5, 0.6) is 0 Å². The van der Waals surface area contributed by atoms with E-state index in [1.54, 1.807) is 6.07 Å². The number of hydrogen-bond donors (Lipinski definition) is 2. The highest BCUT2D eigenvalue weighted by atomic mass is 32.2. The van der Waals surface area contributed by atoms with Crippen LogP contribution in [0.2, 0.25) is 0 Å². The molecule has 2 rings (SSSR count). The molecule has 0 bridgehead atoms. The summed E-state index contributed by atoms with van der Waals surface area (Å²) in [5, 5.41) is 3.04. The summed E-state index contributed by atoms with van der Waals surface area (Å²) >= 11 is 1.29. The van der Waals surface area contributed by atoms with E-state index in [4.69, 9.17) is 5.73 Å². The Balaban J connectivity index is 2.09. The van der Waals surface area contributed by atoms with E-state index < -0.39 is 17.5 Å². The van der Waals surface area contributed by atoms with Crippen LogP contribution in [0.3, 0.4) is 0 Å². The number of primary amides is 1. The lowest BCUT2D eigenvalue weighted by Gasteiger charge is -2.12. The maximum Gasteiger partial charge on any atom is 0.227 e. The number of anilines is 1. The van der Waals surface area contributed by atoms with Gasteiger partial charge in [-0.25, -0.2) is 8.78 Å². The second-order valence-electron chi connectivity index (χ2n) is 4.32. The van der Waals surface area contributed by atoms with Crippen LogP contribution in [0.15, 0.2) is 47.4 Å². The van der Waals surface area contributed by atoms with E-state index in [9.17, 15) is 13.6 Å². The quantitative estimate of drug-likeness (QED) is 0.806. The van der Waals surface area contributed by atoms with Gasteiger partial charge in [0.1, 0.15) is 0 Å². The van der Waals surface area contributed by atoms with Crippen LogP contribution in [0.25, 0.3) is 0 Å². The van der Waals surface area contributed by atoms with E-state index in [0.29, 0.717) is 0 Å². The Labute approximate surface area is 125 Å². The molecule has 0 unspecified atom stereocenters. The number of nitrogens with two attached hydrogens (primary N) is 1. The minimum atomic E-state index is -0.870. The fourth-order valence-corrected chi connectivity index (χ4v) is 2.53. The van der Waals surface area contributed by atoms with Gasteiger partial charge in [0.15, 0.2) is 11.6 Å². The van der Waals surface area contributed by atoms with Gasteiger partial charge < -0.3 is 11.1 Å². The second-order valence-corrected chi connectivity index (χ2v) is 5.33. The molecule has 3 N–H and O–H groups in total. The molecular formula is C15H14F2N2OS. The zero-order valence-corrected chi connectivity index (χ0v) is 11.9. The van der Waals surface area contributed by atoms with E-state index in [-0.39, 0.29) is 17.9 Å². The van der Waals surface area contributed by atoms with Crippen LogP contribution < -0.4 is 11.1 Å². The first-order valence-corrected chi connectivity index (χ1v) is 7.23. The molecule has 0 saturated heterocycles. The van der Waals surface area contributed by atoms with Crippen molar-refractivity contribution in [1.82, 2.24) is 0 Å². The Bertz CT molecular complexity index is 649. The van der Waals surface area contributed by atoms with Crippen molar-refractivity contribution in [2.75, 3.05) is 11.1 Å². The molecule has 2 aromatic rings. The first kappa shape index (κ1) is 15.3. The summed E-state index contributed by atoms with van der Waals surface area (Å²) in [5.41, 5.74) is 6.10. The topological polar surface area (TPSA) is 55.1 Å². The molecule has 0 fully saturated rings. The van der Waals surface area contributed by atoms with E-state index in [0.717, 1.165) is 16.6 Å². The molecule has 0 spiro atoms. The Kier molecular flexibility index (Phi) is 5.16. The smallest absolute Gasteiger partial charge is 0.227 e. The molecule has 2 aromatic carbocycles. The Morgan fingerprint density at radius 3 is 2.67 bits per heavy atom. The summed E-state index contributed by atoms with van der Waals surface area (Å²) in [6.45, 7) is 0.151. The molecule has 0 atom stereocenters. The molecule has 0 aliphatic carbocycles. The standard InChI is InChI=1S/C15H14F2N2OS/c16-11-5-3-4-10(15(11)17)8-19-12-6-1-2-7-13(12)21-9-14(18)20/h1-7,19H,8-9H2,(H2,18,20). The molecular weight excluding hydrogens is 294 g/mol. The molecule has 0 radical (unpaired) electrons. The number of hydrogen-bond acceptors (Lipinski definition) is 3. The van der Waals surface area contributed by atoms with Gasteiger partial charge in [-0.2, -0.15) is 0 Å². The molecule has 0 aromatic heterocycles. The van der Waals surface area contributed by atoms with E-state index >= 15 is 0 Å². The van der Waals surface area contributed by atoms with Crippen molar-refractivity contribution < 1.29 is 13.6 Å². The molecule has 0 saturated carbocycles. The van der Waals surface area contributed by atoms with Crippen molar-refractivity contribution in [3.8, 4) is 0 Å². The first-order valence-electron chi connectivity index (χ1n) is 6.25. The van der Waals surface area contributed by atoms with Crippen molar-refractivity contribution in [2.45, 2.75) is 11.4 Å². The van der Waals surface area contributed by atoms with E-state index in [1.165, 1.54) is 23.9 Å². The molecule has 0 heterocycles. The summed E-state index contributed by atoms with van der Waals surface area (Å²) < 4.78 is 26.7. The molecule has 3 nitrogen and oxygen atoms in total. The Morgan fingerprint density at radius 2 is 1.90 bits per heavy atom. The van der Waals surface area contributed by atoms with Crippen molar-refractivity contribution in [1.29, 1.82) is 0 Å². The fraction of sp³-hybridized carbons (Fsp3) is 0.133. The monoisotopic (exact) mass is 308 g/mol. The summed E-state index contributed by atoms with van der Waals surface area (Å²) in [6.07, 6.45) is 0. The number of rotatable bonds is 6. The molecule has 6 heteroatoms.